The highest BCUT2D eigenvalue weighted by atomic mass is 16.5. The summed E-state index contributed by atoms with van der Waals surface area (Å²) in [6.45, 7) is 0. The Hall–Kier alpha value is -2.37. The number of hydrogen-bond donors (Lipinski definition) is 1. The summed E-state index contributed by atoms with van der Waals surface area (Å²) in [4.78, 5) is 34.0. The average molecular weight is 234 g/mol. The normalized spacial score (nSPS) is 10.5. The molecule has 1 aromatic heterocycles. The topological polar surface area (TPSA) is 77.4 Å². The van der Waals surface area contributed by atoms with E-state index in [1.165, 1.54) is 17.7 Å². The van der Waals surface area contributed by atoms with Crippen LogP contribution in [0.5, 0.6) is 5.75 Å². The molecular weight excluding hydrogens is 224 g/mol. The molecule has 6 heteroatoms. The van der Waals surface area contributed by atoms with Crippen molar-refractivity contribution in [1.82, 2.24) is 4.57 Å². The average Bonchev–Trinajstić information content (AvgIpc) is 2.33. The van der Waals surface area contributed by atoms with Gasteiger partial charge in [0.1, 0.15) is 11.4 Å². The lowest BCUT2D eigenvalue weighted by Gasteiger charge is -2.11. The third kappa shape index (κ3) is 1.63. The molecule has 0 aliphatic rings. The number of rotatable bonds is 3. The van der Waals surface area contributed by atoms with E-state index in [9.17, 15) is 14.4 Å². The van der Waals surface area contributed by atoms with Crippen LogP contribution in [0.15, 0.2) is 32.7 Å². The van der Waals surface area contributed by atoms with Crippen molar-refractivity contribution in [3.05, 3.63) is 49.1 Å². The fourth-order valence-corrected chi connectivity index (χ4v) is 1.51. The molecule has 0 spiro atoms. The molecule has 6 nitrogen and oxygen atoms in total. The summed E-state index contributed by atoms with van der Waals surface area (Å²) in [5.74, 6) is -0.0408. The van der Waals surface area contributed by atoms with Crippen molar-refractivity contribution >= 4 is 11.4 Å². The van der Waals surface area contributed by atoms with Gasteiger partial charge in [-0.25, -0.2) is 0 Å². The summed E-state index contributed by atoms with van der Waals surface area (Å²) in [5.41, 5.74) is -1.39. The highest BCUT2D eigenvalue weighted by Gasteiger charge is 2.22. The van der Waals surface area contributed by atoms with Crippen molar-refractivity contribution < 1.29 is 4.74 Å². The zero-order valence-corrected chi connectivity index (χ0v) is 9.31. The van der Waals surface area contributed by atoms with Gasteiger partial charge in [-0.2, -0.15) is 0 Å². The second-order valence-electron chi connectivity index (χ2n) is 3.53. The number of methoxy groups -OCH3 is 1. The van der Waals surface area contributed by atoms with Crippen LogP contribution < -0.4 is 26.5 Å². The first-order valence-electron chi connectivity index (χ1n) is 4.86. The first-order valence-corrected chi connectivity index (χ1v) is 4.86. The molecule has 0 saturated carbocycles. The fraction of sp³-hybridized carbons (Fsp3) is 0.182. The Kier molecular flexibility index (Phi) is 2.55. The Balaban J connectivity index is 2.43. The minimum atomic E-state index is -0.678. The van der Waals surface area contributed by atoms with Crippen LogP contribution >= 0.6 is 0 Å². The van der Waals surface area contributed by atoms with E-state index in [2.05, 4.69) is 5.32 Å². The molecule has 0 radical (unpaired) electrons. The summed E-state index contributed by atoms with van der Waals surface area (Å²) in [6.07, 6.45) is 1.59. The van der Waals surface area contributed by atoms with Crippen molar-refractivity contribution in [2.24, 2.45) is 7.05 Å². The van der Waals surface area contributed by atoms with Crippen molar-refractivity contribution in [2.45, 2.75) is 0 Å². The molecule has 0 fully saturated rings. The first-order chi connectivity index (χ1) is 8.06. The van der Waals surface area contributed by atoms with Gasteiger partial charge in [0.25, 0.3) is 16.4 Å². The highest BCUT2D eigenvalue weighted by molar-refractivity contribution is 5.69. The van der Waals surface area contributed by atoms with Crippen molar-refractivity contribution in [3.8, 4) is 5.75 Å². The van der Waals surface area contributed by atoms with Crippen LogP contribution in [0.1, 0.15) is 0 Å². The molecule has 0 atom stereocenters. The predicted molar refractivity (Wildman–Crippen MR) is 62.9 cm³/mol. The van der Waals surface area contributed by atoms with Gasteiger partial charge in [-0.15, -0.1) is 0 Å². The Bertz CT molecular complexity index is 692. The number of nitrogens with one attached hydrogen (secondary N) is 1. The number of anilines is 2. The Morgan fingerprint density at radius 1 is 1.24 bits per heavy atom. The molecular formula is C11H10N2O4. The number of aryl methyl sites for hydroxylation is 1. The maximum atomic E-state index is 11.7. The number of ether oxygens (including phenoxy) is 1. The summed E-state index contributed by atoms with van der Waals surface area (Å²) in [5, 5.41) is 2.62. The number of pyridine rings is 1. The summed E-state index contributed by atoms with van der Waals surface area (Å²) < 4.78 is 6.12. The second kappa shape index (κ2) is 3.89. The molecule has 17 heavy (non-hydrogen) atoms. The van der Waals surface area contributed by atoms with E-state index in [1.54, 1.807) is 19.3 Å². The molecule has 1 N–H and O–H groups in total. The van der Waals surface area contributed by atoms with Gasteiger partial charge < -0.3 is 14.6 Å². The molecule has 1 aromatic carbocycles. The van der Waals surface area contributed by atoms with E-state index in [-0.39, 0.29) is 22.7 Å². The SMILES string of the molecule is COc1c(Nc2cccn(C)c2=O)c(=O)c1=O. The quantitative estimate of drug-likeness (QED) is 0.740. The second-order valence-corrected chi connectivity index (χ2v) is 3.53. The number of hydrogen-bond acceptors (Lipinski definition) is 5. The molecule has 1 heterocycles. The lowest BCUT2D eigenvalue weighted by atomic mass is 10.2. The van der Waals surface area contributed by atoms with E-state index in [4.69, 9.17) is 4.74 Å². The number of aromatic nitrogens is 1. The molecule has 2 aromatic rings. The van der Waals surface area contributed by atoms with Gasteiger partial charge in [-0.3, -0.25) is 14.4 Å². The van der Waals surface area contributed by atoms with Gasteiger partial charge in [0.2, 0.25) is 0 Å². The van der Waals surface area contributed by atoms with Crippen molar-refractivity contribution in [2.75, 3.05) is 12.4 Å². The third-order valence-corrected chi connectivity index (χ3v) is 2.45. The van der Waals surface area contributed by atoms with Gasteiger partial charge in [0.15, 0.2) is 5.75 Å². The molecule has 0 bridgehead atoms. The largest absolute Gasteiger partial charge is 0.491 e. The van der Waals surface area contributed by atoms with Crippen LogP contribution in [0.3, 0.4) is 0 Å². The molecule has 2 rings (SSSR count). The van der Waals surface area contributed by atoms with E-state index >= 15 is 0 Å². The maximum Gasteiger partial charge on any atom is 0.273 e. The van der Waals surface area contributed by atoms with E-state index in [0.29, 0.717) is 0 Å². The smallest absolute Gasteiger partial charge is 0.273 e. The molecule has 0 amide bonds. The molecule has 0 aliphatic carbocycles. The highest BCUT2D eigenvalue weighted by Crippen LogP contribution is 2.19. The van der Waals surface area contributed by atoms with Crippen LogP contribution in [-0.2, 0) is 7.05 Å². The monoisotopic (exact) mass is 234 g/mol. The maximum absolute atomic E-state index is 11.7. The zero-order chi connectivity index (χ0) is 12.6. The summed E-state index contributed by atoms with van der Waals surface area (Å²) in [7, 11) is 2.89. The van der Waals surface area contributed by atoms with Crippen LogP contribution in [0.4, 0.5) is 11.4 Å². The summed E-state index contributed by atoms with van der Waals surface area (Å²) in [6, 6.07) is 3.18. The molecule has 0 saturated heterocycles. The Morgan fingerprint density at radius 3 is 2.59 bits per heavy atom. The van der Waals surface area contributed by atoms with Crippen LogP contribution in [0.2, 0.25) is 0 Å². The van der Waals surface area contributed by atoms with Gasteiger partial charge >= 0.3 is 0 Å². The van der Waals surface area contributed by atoms with E-state index < -0.39 is 10.9 Å². The zero-order valence-electron chi connectivity index (χ0n) is 9.31. The fourth-order valence-electron chi connectivity index (χ4n) is 1.51. The predicted octanol–water partition coefficient (Wildman–Crippen LogP) is -0.267. The lowest BCUT2D eigenvalue weighted by Crippen LogP contribution is -2.35. The van der Waals surface area contributed by atoms with Gasteiger partial charge in [-0.1, -0.05) is 0 Å². The van der Waals surface area contributed by atoms with Crippen LogP contribution in [-0.4, -0.2) is 11.7 Å². The Morgan fingerprint density at radius 2 is 1.94 bits per heavy atom. The standard InChI is InChI=1S/C11H10N2O4/c1-13-5-3-4-6(11(13)16)12-7-8(14)9(15)10(7)17-2/h3-5,12H,1-2H3. The minimum Gasteiger partial charge on any atom is -0.491 e. The van der Waals surface area contributed by atoms with Gasteiger partial charge in [-0.05, 0) is 12.1 Å². The van der Waals surface area contributed by atoms with Crippen LogP contribution in [0, 0.1) is 0 Å². The number of nitrogens with zero attached hydrogens (tertiary/aromatic N) is 1. The molecule has 0 unspecified atom stereocenters. The van der Waals surface area contributed by atoms with Crippen LogP contribution in [0.25, 0.3) is 0 Å². The van der Waals surface area contributed by atoms with Crippen molar-refractivity contribution in [1.29, 1.82) is 0 Å². The molecule has 88 valence electrons. The minimum absolute atomic E-state index is 0.0285. The third-order valence-electron chi connectivity index (χ3n) is 2.45. The van der Waals surface area contributed by atoms with Gasteiger partial charge in [0, 0.05) is 13.2 Å². The van der Waals surface area contributed by atoms with Crippen molar-refractivity contribution in [3.63, 3.8) is 0 Å². The Labute approximate surface area is 95.8 Å². The lowest BCUT2D eigenvalue weighted by molar-refractivity contribution is 0.408. The van der Waals surface area contributed by atoms with E-state index in [1.807, 2.05) is 0 Å². The summed E-state index contributed by atoms with van der Waals surface area (Å²) >= 11 is 0. The van der Waals surface area contributed by atoms with Gasteiger partial charge in [0.05, 0.1) is 7.11 Å². The molecule has 0 aliphatic heterocycles. The first kappa shape index (κ1) is 11.1. The van der Waals surface area contributed by atoms with E-state index in [0.717, 1.165) is 0 Å².